The molecule has 1 fully saturated rings. The summed E-state index contributed by atoms with van der Waals surface area (Å²) < 4.78 is 12.7. The van der Waals surface area contributed by atoms with Crippen molar-refractivity contribution in [2.24, 2.45) is 0 Å². The average molecular weight is 420 g/mol. The van der Waals surface area contributed by atoms with Crippen LogP contribution in [-0.4, -0.2) is 47.9 Å². The number of nitrogens with zero attached hydrogens (tertiary/aromatic N) is 3. The smallest absolute Gasteiger partial charge is 0.257 e. The van der Waals surface area contributed by atoms with Gasteiger partial charge in [0.25, 0.3) is 5.91 Å². The van der Waals surface area contributed by atoms with Gasteiger partial charge in [-0.2, -0.15) is 5.10 Å². The van der Waals surface area contributed by atoms with Crippen molar-refractivity contribution in [3.63, 3.8) is 0 Å². The Hall–Kier alpha value is -3.28. The standard InChI is InChI=1S/C25H29N3O3/c1-27(18-10-6-4-7-11-18)25(29)22-17-28(19-12-8-5-9-13-19)26-24(22)21-15-14-20(30-2)16-23(21)31-3/h5,8-9,12-18H,4,6-7,10-11H2,1-3H3. The Labute approximate surface area is 183 Å². The minimum Gasteiger partial charge on any atom is -0.497 e. The van der Waals surface area contributed by atoms with Gasteiger partial charge in [0.05, 0.1) is 25.5 Å². The molecule has 0 saturated heterocycles. The van der Waals surface area contributed by atoms with Gasteiger partial charge in [0.2, 0.25) is 0 Å². The Morgan fingerprint density at radius 2 is 1.77 bits per heavy atom. The van der Waals surface area contributed by atoms with Crippen LogP contribution in [-0.2, 0) is 0 Å². The van der Waals surface area contributed by atoms with E-state index in [0.29, 0.717) is 22.8 Å². The molecule has 4 rings (SSSR count). The summed E-state index contributed by atoms with van der Waals surface area (Å²) in [7, 11) is 5.14. The van der Waals surface area contributed by atoms with Gasteiger partial charge in [-0.25, -0.2) is 4.68 Å². The molecule has 0 N–H and O–H groups in total. The Kier molecular flexibility index (Phi) is 6.26. The third-order valence-corrected chi connectivity index (χ3v) is 6.07. The maximum atomic E-state index is 13.6. The number of ether oxygens (including phenoxy) is 2. The molecule has 31 heavy (non-hydrogen) atoms. The highest BCUT2D eigenvalue weighted by molar-refractivity contribution is 6.00. The van der Waals surface area contributed by atoms with Crippen molar-refractivity contribution in [2.75, 3.05) is 21.3 Å². The topological polar surface area (TPSA) is 56.6 Å². The van der Waals surface area contributed by atoms with E-state index in [9.17, 15) is 4.79 Å². The highest BCUT2D eigenvalue weighted by Crippen LogP contribution is 2.35. The zero-order chi connectivity index (χ0) is 21.8. The number of carbonyl (C=O) groups is 1. The molecule has 162 valence electrons. The third-order valence-electron chi connectivity index (χ3n) is 6.07. The van der Waals surface area contributed by atoms with E-state index in [-0.39, 0.29) is 11.9 Å². The van der Waals surface area contributed by atoms with Gasteiger partial charge in [-0.1, -0.05) is 37.5 Å². The number of hydrogen-bond donors (Lipinski definition) is 0. The molecule has 0 bridgehead atoms. The van der Waals surface area contributed by atoms with Gasteiger partial charge in [-0.3, -0.25) is 4.79 Å². The van der Waals surface area contributed by atoms with Crippen LogP contribution >= 0.6 is 0 Å². The van der Waals surface area contributed by atoms with Crippen molar-refractivity contribution in [3.05, 3.63) is 60.3 Å². The second kappa shape index (κ2) is 9.25. The van der Waals surface area contributed by atoms with Crippen LogP contribution in [0, 0.1) is 0 Å². The summed E-state index contributed by atoms with van der Waals surface area (Å²) in [6, 6.07) is 15.7. The molecule has 0 unspecified atom stereocenters. The number of para-hydroxylation sites is 1. The first-order valence-electron chi connectivity index (χ1n) is 10.8. The molecule has 2 aromatic carbocycles. The van der Waals surface area contributed by atoms with Crippen molar-refractivity contribution in [1.29, 1.82) is 0 Å². The van der Waals surface area contributed by atoms with E-state index in [4.69, 9.17) is 14.6 Å². The zero-order valence-corrected chi connectivity index (χ0v) is 18.4. The Morgan fingerprint density at radius 3 is 2.45 bits per heavy atom. The van der Waals surface area contributed by atoms with E-state index in [1.54, 1.807) is 18.9 Å². The minimum atomic E-state index is -0.0121. The van der Waals surface area contributed by atoms with Crippen LogP contribution in [0.5, 0.6) is 11.5 Å². The fourth-order valence-electron chi connectivity index (χ4n) is 4.26. The number of amides is 1. The molecule has 1 saturated carbocycles. The van der Waals surface area contributed by atoms with E-state index in [1.807, 2.05) is 66.7 Å². The first-order valence-corrected chi connectivity index (χ1v) is 10.8. The lowest BCUT2D eigenvalue weighted by Gasteiger charge is -2.31. The number of hydrogen-bond acceptors (Lipinski definition) is 4. The molecule has 1 aliphatic rings. The van der Waals surface area contributed by atoms with Gasteiger partial charge in [0, 0.05) is 30.9 Å². The van der Waals surface area contributed by atoms with Crippen LogP contribution in [0.2, 0.25) is 0 Å². The van der Waals surface area contributed by atoms with E-state index >= 15 is 0 Å². The molecule has 1 aromatic heterocycles. The normalized spacial score (nSPS) is 14.3. The van der Waals surface area contributed by atoms with Crippen molar-refractivity contribution in [2.45, 2.75) is 38.1 Å². The summed E-state index contributed by atoms with van der Waals surface area (Å²) >= 11 is 0. The highest BCUT2D eigenvalue weighted by atomic mass is 16.5. The Bertz CT molecular complexity index is 1040. The van der Waals surface area contributed by atoms with Crippen LogP contribution in [0.25, 0.3) is 16.9 Å². The van der Waals surface area contributed by atoms with E-state index in [2.05, 4.69) is 0 Å². The van der Waals surface area contributed by atoms with E-state index < -0.39 is 0 Å². The Balaban J connectivity index is 1.80. The fourth-order valence-corrected chi connectivity index (χ4v) is 4.26. The molecule has 0 radical (unpaired) electrons. The molecule has 6 heteroatoms. The second-order valence-corrected chi connectivity index (χ2v) is 7.95. The largest absolute Gasteiger partial charge is 0.497 e. The molecule has 3 aromatic rings. The number of benzene rings is 2. The van der Waals surface area contributed by atoms with E-state index in [0.717, 1.165) is 24.1 Å². The predicted molar refractivity (Wildman–Crippen MR) is 121 cm³/mol. The van der Waals surface area contributed by atoms with Gasteiger partial charge in [0.1, 0.15) is 17.2 Å². The quantitative estimate of drug-likeness (QED) is 0.567. The molecule has 6 nitrogen and oxygen atoms in total. The summed E-state index contributed by atoms with van der Waals surface area (Å²) in [5, 5.41) is 4.81. The summed E-state index contributed by atoms with van der Waals surface area (Å²) in [6.45, 7) is 0. The van der Waals surface area contributed by atoms with Crippen molar-refractivity contribution < 1.29 is 14.3 Å². The first kappa shape index (κ1) is 21.0. The maximum Gasteiger partial charge on any atom is 0.257 e. The van der Waals surface area contributed by atoms with Gasteiger partial charge in [0.15, 0.2) is 0 Å². The molecule has 0 atom stereocenters. The van der Waals surface area contributed by atoms with Gasteiger partial charge < -0.3 is 14.4 Å². The van der Waals surface area contributed by atoms with Crippen LogP contribution in [0.15, 0.2) is 54.7 Å². The number of aromatic nitrogens is 2. The minimum absolute atomic E-state index is 0.0121. The fraction of sp³-hybridized carbons (Fsp3) is 0.360. The summed E-state index contributed by atoms with van der Waals surface area (Å²) in [4.78, 5) is 15.5. The lowest BCUT2D eigenvalue weighted by atomic mass is 9.94. The molecular formula is C25H29N3O3. The number of rotatable bonds is 6. The first-order chi connectivity index (χ1) is 15.1. The SMILES string of the molecule is COc1ccc(-c2nn(-c3ccccc3)cc2C(=O)N(C)C2CCCCC2)c(OC)c1. The van der Waals surface area contributed by atoms with Crippen LogP contribution in [0.1, 0.15) is 42.5 Å². The van der Waals surface area contributed by atoms with Crippen molar-refractivity contribution in [1.82, 2.24) is 14.7 Å². The molecule has 1 amide bonds. The van der Waals surface area contributed by atoms with Crippen LogP contribution in [0.3, 0.4) is 0 Å². The maximum absolute atomic E-state index is 13.6. The van der Waals surface area contributed by atoms with Crippen LogP contribution in [0.4, 0.5) is 0 Å². The monoisotopic (exact) mass is 419 g/mol. The lowest BCUT2D eigenvalue weighted by molar-refractivity contribution is 0.0697. The molecular weight excluding hydrogens is 390 g/mol. The summed E-state index contributed by atoms with van der Waals surface area (Å²) in [5.41, 5.74) is 2.84. The summed E-state index contributed by atoms with van der Waals surface area (Å²) in [6.07, 6.45) is 7.52. The molecule has 1 aliphatic carbocycles. The predicted octanol–water partition coefficient (Wildman–Crippen LogP) is 4.96. The summed E-state index contributed by atoms with van der Waals surface area (Å²) in [5.74, 6) is 1.30. The van der Waals surface area contributed by atoms with Crippen LogP contribution < -0.4 is 9.47 Å². The van der Waals surface area contributed by atoms with Crippen molar-refractivity contribution >= 4 is 5.91 Å². The van der Waals surface area contributed by atoms with Crippen molar-refractivity contribution in [3.8, 4) is 28.4 Å². The third kappa shape index (κ3) is 4.29. The number of methoxy groups -OCH3 is 2. The van der Waals surface area contributed by atoms with E-state index in [1.165, 1.54) is 19.3 Å². The zero-order valence-electron chi connectivity index (χ0n) is 18.4. The van der Waals surface area contributed by atoms with Gasteiger partial charge in [-0.05, 0) is 37.1 Å². The van der Waals surface area contributed by atoms with Gasteiger partial charge >= 0.3 is 0 Å². The molecule has 0 aliphatic heterocycles. The lowest BCUT2D eigenvalue weighted by Crippen LogP contribution is -2.38. The molecule has 1 heterocycles. The van der Waals surface area contributed by atoms with Gasteiger partial charge in [-0.15, -0.1) is 0 Å². The Morgan fingerprint density at radius 1 is 1.03 bits per heavy atom. The second-order valence-electron chi connectivity index (χ2n) is 7.95. The molecule has 0 spiro atoms. The highest BCUT2D eigenvalue weighted by Gasteiger charge is 2.28. The number of carbonyl (C=O) groups excluding carboxylic acids is 1. The average Bonchev–Trinajstić information content (AvgIpc) is 3.29.